The molecule has 0 saturated carbocycles. The van der Waals surface area contributed by atoms with Crippen LogP contribution in [0.3, 0.4) is 0 Å². The van der Waals surface area contributed by atoms with Crippen molar-refractivity contribution in [1.29, 1.82) is 5.26 Å². The number of phenols is 1. The lowest BCUT2D eigenvalue weighted by molar-refractivity contribution is 0.119. The molecule has 1 aromatic carbocycles. The Hall–Kier alpha value is -1.53. The summed E-state index contributed by atoms with van der Waals surface area (Å²) in [6.07, 6.45) is -0.390. The van der Waals surface area contributed by atoms with Gasteiger partial charge in [-0.25, -0.2) is 0 Å². The van der Waals surface area contributed by atoms with Gasteiger partial charge in [0.15, 0.2) is 0 Å². The number of nitriles is 1. The van der Waals surface area contributed by atoms with Crippen LogP contribution in [0.15, 0.2) is 24.3 Å². The molecule has 3 heteroatoms. The van der Waals surface area contributed by atoms with E-state index in [9.17, 15) is 10.2 Å². The lowest BCUT2D eigenvalue weighted by Crippen LogP contribution is -2.08. The fraction of sp³-hybridized carbons (Fsp3) is 0.364. The number of nitrogens with zero attached hydrogens (tertiary/aromatic N) is 1. The fourth-order valence-corrected chi connectivity index (χ4v) is 1.29. The van der Waals surface area contributed by atoms with E-state index in [-0.39, 0.29) is 11.7 Å². The van der Waals surface area contributed by atoms with Crippen molar-refractivity contribution in [2.24, 2.45) is 5.92 Å². The van der Waals surface area contributed by atoms with Gasteiger partial charge in [-0.05, 0) is 23.6 Å². The average molecular weight is 191 g/mol. The molecule has 2 N–H and O–H groups in total. The predicted octanol–water partition coefficient (Wildman–Crippen LogP) is 1.98. The van der Waals surface area contributed by atoms with Crippen molar-refractivity contribution in [2.75, 3.05) is 0 Å². The highest BCUT2D eigenvalue weighted by Crippen LogP contribution is 2.25. The van der Waals surface area contributed by atoms with Crippen molar-refractivity contribution >= 4 is 0 Å². The van der Waals surface area contributed by atoms with Gasteiger partial charge in [-0.15, -0.1) is 0 Å². The van der Waals surface area contributed by atoms with Crippen LogP contribution in [-0.4, -0.2) is 10.2 Å². The molecule has 0 saturated heterocycles. The maximum absolute atomic E-state index is 9.78. The zero-order valence-electron chi connectivity index (χ0n) is 8.01. The lowest BCUT2D eigenvalue weighted by atomic mass is 9.95. The normalized spacial score (nSPS) is 14.4. The molecule has 2 unspecified atom stereocenters. The standard InChI is InChI=1S/C11H13NO2/c1-8(5-6-12)11(14)9-3-2-4-10(13)7-9/h2-4,7-8,11,13-14H,5H2,1H3. The van der Waals surface area contributed by atoms with Gasteiger partial charge in [0.25, 0.3) is 0 Å². The van der Waals surface area contributed by atoms with Crippen LogP contribution in [0.4, 0.5) is 0 Å². The van der Waals surface area contributed by atoms with Crippen molar-refractivity contribution in [3.05, 3.63) is 29.8 Å². The molecule has 0 fully saturated rings. The number of phenolic OH excluding ortho intramolecular Hbond substituents is 1. The molecule has 0 aliphatic rings. The van der Waals surface area contributed by atoms with Gasteiger partial charge in [0.1, 0.15) is 5.75 Å². The molecular formula is C11H13NO2. The highest BCUT2D eigenvalue weighted by Gasteiger charge is 2.15. The highest BCUT2D eigenvalue weighted by atomic mass is 16.3. The minimum Gasteiger partial charge on any atom is -0.508 e. The Labute approximate surface area is 83.2 Å². The second-order valence-corrected chi connectivity index (χ2v) is 3.38. The summed E-state index contributed by atoms with van der Waals surface area (Å²) in [7, 11) is 0. The molecule has 14 heavy (non-hydrogen) atoms. The summed E-state index contributed by atoms with van der Waals surface area (Å²) in [5.41, 5.74) is 0.646. The topological polar surface area (TPSA) is 64.2 Å². The third kappa shape index (κ3) is 2.48. The minimum atomic E-state index is -0.693. The van der Waals surface area contributed by atoms with Crippen molar-refractivity contribution in [2.45, 2.75) is 19.4 Å². The van der Waals surface area contributed by atoms with Crippen molar-refractivity contribution in [3.63, 3.8) is 0 Å². The maximum Gasteiger partial charge on any atom is 0.115 e. The molecule has 0 bridgehead atoms. The van der Waals surface area contributed by atoms with Crippen molar-refractivity contribution in [1.82, 2.24) is 0 Å². The Morgan fingerprint density at radius 2 is 2.21 bits per heavy atom. The van der Waals surface area contributed by atoms with E-state index in [0.29, 0.717) is 12.0 Å². The Morgan fingerprint density at radius 3 is 2.79 bits per heavy atom. The van der Waals surface area contributed by atoms with Gasteiger partial charge in [0, 0.05) is 6.42 Å². The summed E-state index contributed by atoms with van der Waals surface area (Å²) in [6.45, 7) is 1.80. The first-order chi connectivity index (χ1) is 6.65. The quantitative estimate of drug-likeness (QED) is 0.767. The van der Waals surface area contributed by atoms with Gasteiger partial charge >= 0.3 is 0 Å². The van der Waals surface area contributed by atoms with Crippen molar-refractivity contribution < 1.29 is 10.2 Å². The summed E-state index contributed by atoms with van der Waals surface area (Å²) in [5.74, 6) is 0.00695. The van der Waals surface area contributed by atoms with Crippen LogP contribution in [-0.2, 0) is 0 Å². The average Bonchev–Trinajstić information content (AvgIpc) is 2.17. The molecule has 0 spiro atoms. The number of aromatic hydroxyl groups is 1. The third-order valence-corrected chi connectivity index (χ3v) is 2.16. The molecule has 3 nitrogen and oxygen atoms in total. The third-order valence-electron chi connectivity index (χ3n) is 2.16. The molecule has 74 valence electrons. The van der Waals surface area contributed by atoms with Gasteiger partial charge in [0.2, 0.25) is 0 Å². The van der Waals surface area contributed by atoms with Crippen LogP contribution in [0.1, 0.15) is 25.0 Å². The summed E-state index contributed by atoms with van der Waals surface area (Å²) < 4.78 is 0. The van der Waals surface area contributed by atoms with Crippen LogP contribution in [0, 0.1) is 17.2 Å². The van der Waals surface area contributed by atoms with Gasteiger partial charge in [-0.3, -0.25) is 0 Å². The summed E-state index contributed by atoms with van der Waals surface area (Å²) in [4.78, 5) is 0. The minimum absolute atomic E-state index is 0.123. The van der Waals surface area contributed by atoms with E-state index in [2.05, 4.69) is 0 Å². The molecule has 1 aromatic rings. The van der Waals surface area contributed by atoms with Crippen LogP contribution < -0.4 is 0 Å². The second-order valence-electron chi connectivity index (χ2n) is 3.38. The Balaban J connectivity index is 2.79. The largest absolute Gasteiger partial charge is 0.508 e. The van der Waals surface area contributed by atoms with E-state index in [0.717, 1.165) is 0 Å². The Morgan fingerprint density at radius 1 is 1.50 bits per heavy atom. The van der Waals surface area contributed by atoms with Gasteiger partial charge in [0.05, 0.1) is 12.2 Å². The van der Waals surface area contributed by atoms with E-state index >= 15 is 0 Å². The van der Waals surface area contributed by atoms with Crippen LogP contribution in [0.25, 0.3) is 0 Å². The molecule has 0 aliphatic carbocycles. The van der Waals surface area contributed by atoms with Crippen LogP contribution >= 0.6 is 0 Å². The number of rotatable bonds is 3. The van der Waals surface area contributed by atoms with Crippen LogP contribution in [0.5, 0.6) is 5.75 Å². The SMILES string of the molecule is CC(CC#N)C(O)c1cccc(O)c1. The van der Waals surface area contributed by atoms with Gasteiger partial charge in [-0.2, -0.15) is 5.26 Å². The molecule has 1 rings (SSSR count). The van der Waals surface area contributed by atoms with E-state index < -0.39 is 6.10 Å². The lowest BCUT2D eigenvalue weighted by Gasteiger charge is -2.16. The smallest absolute Gasteiger partial charge is 0.115 e. The Bertz CT molecular complexity index is 343. The monoisotopic (exact) mass is 191 g/mol. The first-order valence-electron chi connectivity index (χ1n) is 4.49. The zero-order chi connectivity index (χ0) is 10.6. The zero-order valence-corrected chi connectivity index (χ0v) is 8.01. The summed E-state index contributed by atoms with van der Waals surface area (Å²) in [6, 6.07) is 8.48. The number of aliphatic hydroxyl groups excluding tert-OH is 1. The van der Waals surface area contributed by atoms with E-state index in [1.807, 2.05) is 6.07 Å². The van der Waals surface area contributed by atoms with Gasteiger partial charge in [-0.1, -0.05) is 19.1 Å². The van der Waals surface area contributed by atoms with Crippen LogP contribution in [0.2, 0.25) is 0 Å². The Kier molecular flexibility index (Phi) is 3.49. The molecule has 0 aromatic heterocycles. The highest BCUT2D eigenvalue weighted by molar-refractivity contribution is 5.28. The molecule has 0 amide bonds. The van der Waals surface area contributed by atoms with E-state index in [4.69, 9.17) is 5.26 Å². The summed E-state index contributed by atoms with van der Waals surface area (Å²) in [5, 5.41) is 27.5. The predicted molar refractivity (Wildman–Crippen MR) is 52.5 cm³/mol. The first-order valence-corrected chi connectivity index (χ1v) is 4.49. The molecular weight excluding hydrogens is 178 g/mol. The first kappa shape index (κ1) is 10.6. The van der Waals surface area contributed by atoms with Gasteiger partial charge < -0.3 is 10.2 Å². The number of aliphatic hydroxyl groups is 1. The van der Waals surface area contributed by atoms with E-state index in [1.165, 1.54) is 6.07 Å². The second kappa shape index (κ2) is 4.64. The molecule has 0 heterocycles. The molecule has 2 atom stereocenters. The van der Waals surface area contributed by atoms with Crippen molar-refractivity contribution in [3.8, 4) is 11.8 Å². The number of hydrogen-bond acceptors (Lipinski definition) is 3. The molecule has 0 radical (unpaired) electrons. The summed E-state index contributed by atoms with van der Waals surface area (Å²) >= 11 is 0. The molecule has 0 aliphatic heterocycles. The maximum atomic E-state index is 9.78. The fourth-order valence-electron chi connectivity index (χ4n) is 1.29. The number of hydrogen-bond donors (Lipinski definition) is 2. The number of benzene rings is 1. The van der Waals surface area contributed by atoms with E-state index in [1.54, 1.807) is 25.1 Å².